The molecule has 1 saturated heterocycles. The van der Waals surface area contributed by atoms with E-state index in [1.807, 2.05) is 15.9 Å². The van der Waals surface area contributed by atoms with E-state index < -0.39 is 0 Å². The van der Waals surface area contributed by atoms with Gasteiger partial charge in [-0.25, -0.2) is 0 Å². The highest BCUT2D eigenvalue weighted by molar-refractivity contribution is 5.89. The van der Waals surface area contributed by atoms with Crippen molar-refractivity contribution in [2.24, 2.45) is 5.92 Å². The Labute approximate surface area is 161 Å². The van der Waals surface area contributed by atoms with Crippen LogP contribution in [-0.2, 0) is 16.0 Å². The molecule has 0 spiro atoms. The monoisotopic (exact) mass is 370 g/mol. The molecular formula is C22H30N2O3. The van der Waals surface area contributed by atoms with Gasteiger partial charge in [0.05, 0.1) is 19.1 Å². The lowest BCUT2D eigenvalue weighted by Gasteiger charge is -2.37. The molecule has 1 aromatic carbocycles. The minimum absolute atomic E-state index is 0.0472. The molecule has 1 saturated carbocycles. The van der Waals surface area contributed by atoms with Crippen LogP contribution >= 0.6 is 0 Å². The van der Waals surface area contributed by atoms with Crippen molar-refractivity contribution in [2.75, 3.05) is 20.2 Å². The van der Waals surface area contributed by atoms with Gasteiger partial charge in [0.1, 0.15) is 5.75 Å². The van der Waals surface area contributed by atoms with Crippen molar-refractivity contribution in [3.05, 3.63) is 29.3 Å². The summed E-state index contributed by atoms with van der Waals surface area (Å²) in [5.41, 5.74) is 2.46. The quantitative estimate of drug-likeness (QED) is 0.820. The second-order valence-electron chi connectivity index (χ2n) is 8.26. The van der Waals surface area contributed by atoms with Crippen LogP contribution in [0.4, 0.5) is 0 Å². The number of rotatable bonds is 3. The standard InChI is InChI=1S/C22H30N2O3/c1-15-20-9-8-19(27-2)12-16(20)10-11-23(15)22(26)17-13-21(25)24(14-17)18-6-4-3-5-7-18/h8-9,12,15,17-18H,3-7,10-11,13-14H2,1-2H3. The Bertz CT molecular complexity index is 726. The number of likely N-dealkylation sites (tertiary alicyclic amines) is 1. The molecule has 5 heteroatoms. The summed E-state index contributed by atoms with van der Waals surface area (Å²) >= 11 is 0. The fourth-order valence-electron chi connectivity index (χ4n) is 5.11. The van der Waals surface area contributed by atoms with Crippen molar-refractivity contribution in [1.29, 1.82) is 0 Å². The molecule has 0 N–H and O–H groups in total. The van der Waals surface area contributed by atoms with E-state index in [0.717, 1.165) is 25.0 Å². The highest BCUT2D eigenvalue weighted by Crippen LogP contribution is 2.35. The van der Waals surface area contributed by atoms with Crippen LogP contribution in [0.2, 0.25) is 0 Å². The molecule has 2 amide bonds. The number of methoxy groups -OCH3 is 1. The first kappa shape index (κ1) is 18.3. The molecule has 2 atom stereocenters. The molecule has 0 radical (unpaired) electrons. The molecule has 3 aliphatic rings. The summed E-state index contributed by atoms with van der Waals surface area (Å²) in [6.45, 7) is 3.42. The van der Waals surface area contributed by atoms with Gasteiger partial charge in [-0.3, -0.25) is 9.59 Å². The number of hydrogen-bond donors (Lipinski definition) is 0. The predicted molar refractivity (Wildman–Crippen MR) is 104 cm³/mol. The fraction of sp³-hybridized carbons (Fsp3) is 0.636. The molecule has 2 unspecified atom stereocenters. The van der Waals surface area contributed by atoms with E-state index in [2.05, 4.69) is 19.1 Å². The molecule has 2 aliphatic heterocycles. The molecule has 1 aliphatic carbocycles. The first-order valence-corrected chi connectivity index (χ1v) is 10.3. The zero-order valence-corrected chi connectivity index (χ0v) is 16.4. The Kier molecular flexibility index (Phi) is 5.11. The zero-order chi connectivity index (χ0) is 19.0. The summed E-state index contributed by atoms with van der Waals surface area (Å²) in [6.07, 6.45) is 7.11. The summed E-state index contributed by atoms with van der Waals surface area (Å²) in [7, 11) is 1.68. The van der Waals surface area contributed by atoms with Crippen LogP contribution in [-0.4, -0.2) is 47.9 Å². The van der Waals surface area contributed by atoms with E-state index in [0.29, 0.717) is 25.6 Å². The van der Waals surface area contributed by atoms with Crippen molar-refractivity contribution in [1.82, 2.24) is 9.80 Å². The Morgan fingerprint density at radius 1 is 1.19 bits per heavy atom. The van der Waals surface area contributed by atoms with Crippen LogP contribution < -0.4 is 4.74 Å². The smallest absolute Gasteiger partial charge is 0.228 e. The first-order valence-electron chi connectivity index (χ1n) is 10.3. The van der Waals surface area contributed by atoms with Gasteiger partial charge < -0.3 is 14.5 Å². The third-order valence-corrected chi connectivity index (χ3v) is 6.70. The van der Waals surface area contributed by atoms with E-state index >= 15 is 0 Å². The zero-order valence-electron chi connectivity index (χ0n) is 16.4. The van der Waals surface area contributed by atoms with Gasteiger partial charge in [-0.05, 0) is 49.4 Å². The molecule has 0 aromatic heterocycles. The third-order valence-electron chi connectivity index (χ3n) is 6.70. The van der Waals surface area contributed by atoms with Crippen molar-refractivity contribution in [3.63, 3.8) is 0 Å². The SMILES string of the molecule is COc1ccc2c(c1)CCN(C(=O)C1CC(=O)N(C3CCCCC3)C1)C2C. The molecule has 27 heavy (non-hydrogen) atoms. The van der Waals surface area contributed by atoms with E-state index in [1.165, 1.54) is 30.4 Å². The fourth-order valence-corrected chi connectivity index (χ4v) is 5.11. The van der Waals surface area contributed by atoms with Gasteiger partial charge in [0.15, 0.2) is 0 Å². The van der Waals surface area contributed by atoms with Gasteiger partial charge >= 0.3 is 0 Å². The highest BCUT2D eigenvalue weighted by atomic mass is 16.5. The Morgan fingerprint density at radius 2 is 1.96 bits per heavy atom. The molecule has 4 rings (SSSR count). The van der Waals surface area contributed by atoms with Gasteiger partial charge in [-0.15, -0.1) is 0 Å². The van der Waals surface area contributed by atoms with Gasteiger partial charge in [-0.2, -0.15) is 0 Å². The largest absolute Gasteiger partial charge is 0.497 e. The van der Waals surface area contributed by atoms with E-state index in [4.69, 9.17) is 4.74 Å². The molecule has 2 heterocycles. The summed E-state index contributed by atoms with van der Waals surface area (Å²) in [4.78, 5) is 29.8. The Balaban J connectivity index is 1.46. The average Bonchev–Trinajstić information content (AvgIpc) is 3.10. The van der Waals surface area contributed by atoms with Crippen LogP contribution in [0.1, 0.15) is 62.6 Å². The Morgan fingerprint density at radius 3 is 2.70 bits per heavy atom. The van der Waals surface area contributed by atoms with Crippen LogP contribution in [0.15, 0.2) is 18.2 Å². The predicted octanol–water partition coefficient (Wildman–Crippen LogP) is 3.32. The van der Waals surface area contributed by atoms with Crippen molar-refractivity contribution >= 4 is 11.8 Å². The number of ether oxygens (including phenoxy) is 1. The van der Waals surface area contributed by atoms with Crippen LogP contribution in [0.5, 0.6) is 5.75 Å². The summed E-state index contributed by atoms with van der Waals surface area (Å²) in [6, 6.07) is 6.53. The van der Waals surface area contributed by atoms with Gasteiger partial charge in [0, 0.05) is 25.6 Å². The van der Waals surface area contributed by atoms with Gasteiger partial charge in [0.2, 0.25) is 11.8 Å². The van der Waals surface area contributed by atoms with Gasteiger partial charge in [-0.1, -0.05) is 25.3 Å². The maximum atomic E-state index is 13.2. The second kappa shape index (κ2) is 7.53. The normalized spacial score (nSPS) is 26.2. The van der Waals surface area contributed by atoms with Crippen molar-refractivity contribution in [3.8, 4) is 5.75 Å². The van der Waals surface area contributed by atoms with Crippen LogP contribution in [0.25, 0.3) is 0 Å². The second-order valence-corrected chi connectivity index (χ2v) is 8.26. The highest BCUT2D eigenvalue weighted by Gasteiger charge is 2.41. The van der Waals surface area contributed by atoms with E-state index in [1.54, 1.807) is 7.11 Å². The Hall–Kier alpha value is -2.04. The topological polar surface area (TPSA) is 49.9 Å². The van der Waals surface area contributed by atoms with Crippen LogP contribution in [0, 0.1) is 5.92 Å². The molecule has 2 fully saturated rings. The van der Waals surface area contributed by atoms with Gasteiger partial charge in [0.25, 0.3) is 0 Å². The molecule has 5 nitrogen and oxygen atoms in total. The summed E-state index contributed by atoms with van der Waals surface area (Å²) in [5, 5.41) is 0. The number of benzene rings is 1. The average molecular weight is 370 g/mol. The lowest BCUT2D eigenvalue weighted by Crippen LogP contribution is -2.43. The molecule has 0 bridgehead atoms. The maximum Gasteiger partial charge on any atom is 0.228 e. The molecular weight excluding hydrogens is 340 g/mol. The van der Waals surface area contributed by atoms with Crippen molar-refractivity contribution < 1.29 is 14.3 Å². The number of hydrogen-bond acceptors (Lipinski definition) is 3. The lowest BCUT2D eigenvalue weighted by atomic mass is 9.92. The van der Waals surface area contributed by atoms with E-state index in [-0.39, 0.29) is 23.8 Å². The lowest BCUT2D eigenvalue weighted by molar-refractivity contribution is -0.138. The molecule has 146 valence electrons. The van der Waals surface area contributed by atoms with E-state index in [9.17, 15) is 9.59 Å². The minimum Gasteiger partial charge on any atom is -0.497 e. The number of nitrogens with zero attached hydrogens (tertiary/aromatic N) is 2. The molecule has 1 aromatic rings. The minimum atomic E-state index is -0.179. The maximum absolute atomic E-state index is 13.2. The summed E-state index contributed by atoms with van der Waals surface area (Å²) < 4.78 is 5.33. The number of carbonyl (C=O) groups excluding carboxylic acids is 2. The van der Waals surface area contributed by atoms with Crippen molar-refractivity contribution in [2.45, 2.75) is 64.0 Å². The number of amides is 2. The number of carbonyl (C=O) groups is 2. The number of fused-ring (bicyclic) bond motifs is 1. The van der Waals surface area contributed by atoms with Crippen LogP contribution in [0.3, 0.4) is 0 Å². The first-order chi connectivity index (χ1) is 13.1. The third kappa shape index (κ3) is 3.44. The summed E-state index contributed by atoms with van der Waals surface area (Å²) in [5.74, 6) is 1.01.